The summed E-state index contributed by atoms with van der Waals surface area (Å²) in [5.74, 6) is 0.846. The van der Waals surface area contributed by atoms with Gasteiger partial charge in [-0.25, -0.2) is 9.97 Å². The summed E-state index contributed by atoms with van der Waals surface area (Å²) in [7, 11) is 1.55. The Hall–Kier alpha value is -1.89. The van der Waals surface area contributed by atoms with Gasteiger partial charge in [0.05, 0.1) is 19.3 Å². The van der Waals surface area contributed by atoms with E-state index in [1.54, 1.807) is 7.11 Å². The van der Waals surface area contributed by atoms with E-state index in [2.05, 4.69) is 21.9 Å². The molecule has 0 saturated carbocycles. The van der Waals surface area contributed by atoms with Crippen LogP contribution in [0.1, 0.15) is 19.8 Å². The van der Waals surface area contributed by atoms with Crippen molar-refractivity contribution >= 4 is 17.1 Å². The Kier molecular flexibility index (Phi) is 2.78. The van der Waals surface area contributed by atoms with E-state index < -0.39 is 0 Å². The van der Waals surface area contributed by atoms with Gasteiger partial charge in [0.15, 0.2) is 11.2 Å². The smallest absolute Gasteiger partial charge is 0.245 e. The molecule has 1 aliphatic heterocycles. The second-order valence-corrected chi connectivity index (χ2v) is 5.01. The lowest BCUT2D eigenvalue weighted by atomic mass is 10.0. The maximum Gasteiger partial charge on any atom is 0.245 e. The van der Waals surface area contributed by atoms with Crippen molar-refractivity contribution in [3.05, 3.63) is 6.33 Å². The Morgan fingerprint density at radius 2 is 2.37 bits per heavy atom. The molecule has 0 aromatic carbocycles. The summed E-state index contributed by atoms with van der Waals surface area (Å²) in [5, 5.41) is 0. The Morgan fingerprint density at radius 3 is 3.05 bits per heavy atom. The fraction of sp³-hybridized carbons (Fsp3) is 0.583. The van der Waals surface area contributed by atoms with Crippen LogP contribution in [0.3, 0.4) is 0 Å². The molecule has 3 rings (SSSR count). The predicted molar refractivity (Wildman–Crippen MR) is 69.9 cm³/mol. The van der Waals surface area contributed by atoms with Gasteiger partial charge in [0.1, 0.15) is 6.33 Å². The second kappa shape index (κ2) is 4.34. The molecule has 1 atom stereocenters. The Labute approximate surface area is 110 Å². The van der Waals surface area contributed by atoms with Crippen molar-refractivity contribution in [1.29, 1.82) is 0 Å². The summed E-state index contributed by atoms with van der Waals surface area (Å²) in [4.78, 5) is 12.6. The molecule has 19 heavy (non-hydrogen) atoms. The molecule has 1 aliphatic rings. The van der Waals surface area contributed by atoms with Crippen LogP contribution < -0.4 is 10.5 Å². The fourth-order valence-electron chi connectivity index (χ4n) is 2.53. The average molecular weight is 263 g/mol. The van der Waals surface area contributed by atoms with Gasteiger partial charge in [-0.2, -0.15) is 4.98 Å². The zero-order valence-electron chi connectivity index (χ0n) is 11.1. The molecule has 3 heterocycles. The number of nitrogen functional groups attached to an aromatic ring is 1. The number of hydrogen-bond donors (Lipinski definition) is 1. The number of anilines is 1. The van der Waals surface area contributed by atoms with Crippen LogP contribution in [0.2, 0.25) is 0 Å². The summed E-state index contributed by atoms with van der Waals surface area (Å²) >= 11 is 0. The van der Waals surface area contributed by atoms with E-state index in [1.165, 1.54) is 6.33 Å². The van der Waals surface area contributed by atoms with Crippen LogP contribution in [0, 0.1) is 0 Å². The highest BCUT2D eigenvalue weighted by atomic mass is 16.5. The SMILES string of the molecule is COc1ncnc2c1nc(N)n2CC1(C)CCCO1. The topological polar surface area (TPSA) is 88.1 Å². The molecule has 1 fully saturated rings. The first-order valence-corrected chi connectivity index (χ1v) is 6.28. The van der Waals surface area contributed by atoms with Gasteiger partial charge in [-0.1, -0.05) is 0 Å². The van der Waals surface area contributed by atoms with Crippen LogP contribution in [-0.2, 0) is 11.3 Å². The number of nitrogens with two attached hydrogens (primary N) is 1. The van der Waals surface area contributed by atoms with Gasteiger partial charge in [0.2, 0.25) is 11.8 Å². The van der Waals surface area contributed by atoms with Crippen molar-refractivity contribution in [2.24, 2.45) is 0 Å². The molecular weight excluding hydrogens is 246 g/mol. The first-order chi connectivity index (χ1) is 9.13. The fourth-order valence-corrected chi connectivity index (χ4v) is 2.53. The van der Waals surface area contributed by atoms with E-state index in [0.717, 1.165) is 19.4 Å². The number of methoxy groups -OCH3 is 1. The molecule has 0 aliphatic carbocycles. The lowest BCUT2D eigenvalue weighted by molar-refractivity contribution is 0.00739. The van der Waals surface area contributed by atoms with Crippen LogP contribution in [0.25, 0.3) is 11.2 Å². The van der Waals surface area contributed by atoms with Gasteiger partial charge in [0.25, 0.3) is 0 Å². The maximum atomic E-state index is 5.99. The predicted octanol–water partition coefficient (Wildman–Crippen LogP) is 0.986. The maximum absolute atomic E-state index is 5.99. The minimum absolute atomic E-state index is 0.208. The van der Waals surface area contributed by atoms with Crippen molar-refractivity contribution in [1.82, 2.24) is 19.5 Å². The molecule has 2 aromatic heterocycles. The number of rotatable bonds is 3. The van der Waals surface area contributed by atoms with Gasteiger partial charge in [-0.3, -0.25) is 4.57 Å². The van der Waals surface area contributed by atoms with E-state index in [0.29, 0.717) is 29.5 Å². The third kappa shape index (κ3) is 1.99. The third-order valence-corrected chi connectivity index (χ3v) is 3.51. The highest BCUT2D eigenvalue weighted by Crippen LogP contribution is 2.30. The number of aromatic nitrogens is 4. The van der Waals surface area contributed by atoms with Gasteiger partial charge in [0, 0.05) is 6.61 Å². The van der Waals surface area contributed by atoms with Crippen LogP contribution in [0.4, 0.5) is 5.95 Å². The number of ether oxygens (including phenoxy) is 2. The van der Waals surface area contributed by atoms with E-state index in [1.807, 2.05) is 4.57 Å². The standard InChI is InChI=1S/C12H17N5O2/c1-12(4-3-5-19-12)6-17-9-8(16-11(17)13)10(18-2)15-7-14-9/h7H,3-6H2,1-2H3,(H2,13,16). The molecule has 2 aromatic rings. The van der Waals surface area contributed by atoms with Crippen LogP contribution in [-0.4, -0.2) is 38.8 Å². The molecule has 2 N–H and O–H groups in total. The summed E-state index contributed by atoms with van der Waals surface area (Å²) in [5.41, 5.74) is 7.05. The molecule has 102 valence electrons. The Morgan fingerprint density at radius 1 is 1.53 bits per heavy atom. The van der Waals surface area contributed by atoms with Crippen molar-refractivity contribution in [2.45, 2.75) is 31.9 Å². The van der Waals surface area contributed by atoms with E-state index in [-0.39, 0.29) is 5.60 Å². The zero-order chi connectivity index (χ0) is 13.5. The number of imidazole rings is 1. The van der Waals surface area contributed by atoms with Gasteiger partial charge in [-0.15, -0.1) is 0 Å². The molecule has 7 heteroatoms. The molecular formula is C12H17N5O2. The lowest BCUT2D eigenvalue weighted by Gasteiger charge is -2.24. The minimum Gasteiger partial charge on any atom is -0.479 e. The van der Waals surface area contributed by atoms with Gasteiger partial charge < -0.3 is 15.2 Å². The summed E-state index contributed by atoms with van der Waals surface area (Å²) in [6.45, 7) is 3.51. The number of hydrogen-bond acceptors (Lipinski definition) is 6. The van der Waals surface area contributed by atoms with Crippen LogP contribution >= 0.6 is 0 Å². The number of fused-ring (bicyclic) bond motifs is 1. The monoisotopic (exact) mass is 263 g/mol. The Balaban J connectivity index is 2.06. The number of nitrogens with zero attached hydrogens (tertiary/aromatic N) is 4. The summed E-state index contributed by atoms with van der Waals surface area (Å²) in [6.07, 6.45) is 3.53. The average Bonchev–Trinajstić information content (AvgIpc) is 2.95. The van der Waals surface area contributed by atoms with E-state index in [4.69, 9.17) is 15.2 Å². The van der Waals surface area contributed by atoms with Crippen molar-refractivity contribution in [3.8, 4) is 5.88 Å². The Bertz CT molecular complexity index is 603. The quantitative estimate of drug-likeness (QED) is 0.888. The van der Waals surface area contributed by atoms with Crippen molar-refractivity contribution in [3.63, 3.8) is 0 Å². The van der Waals surface area contributed by atoms with Crippen LogP contribution in [0.15, 0.2) is 6.33 Å². The molecule has 1 unspecified atom stereocenters. The lowest BCUT2D eigenvalue weighted by Crippen LogP contribution is -2.30. The molecule has 1 saturated heterocycles. The van der Waals surface area contributed by atoms with Crippen molar-refractivity contribution in [2.75, 3.05) is 19.5 Å². The van der Waals surface area contributed by atoms with Gasteiger partial charge >= 0.3 is 0 Å². The van der Waals surface area contributed by atoms with Crippen LogP contribution in [0.5, 0.6) is 5.88 Å². The molecule has 0 amide bonds. The highest BCUT2D eigenvalue weighted by Gasteiger charge is 2.32. The van der Waals surface area contributed by atoms with Crippen molar-refractivity contribution < 1.29 is 9.47 Å². The van der Waals surface area contributed by atoms with E-state index >= 15 is 0 Å². The molecule has 0 bridgehead atoms. The first kappa shape index (κ1) is 12.2. The summed E-state index contributed by atoms with van der Waals surface area (Å²) in [6, 6.07) is 0. The summed E-state index contributed by atoms with van der Waals surface area (Å²) < 4.78 is 12.8. The second-order valence-electron chi connectivity index (χ2n) is 5.01. The van der Waals surface area contributed by atoms with E-state index in [9.17, 15) is 0 Å². The largest absolute Gasteiger partial charge is 0.479 e. The molecule has 7 nitrogen and oxygen atoms in total. The molecule has 0 spiro atoms. The molecule has 0 radical (unpaired) electrons. The highest BCUT2D eigenvalue weighted by molar-refractivity contribution is 5.78. The van der Waals surface area contributed by atoms with Gasteiger partial charge in [-0.05, 0) is 19.8 Å². The third-order valence-electron chi connectivity index (χ3n) is 3.51. The first-order valence-electron chi connectivity index (χ1n) is 6.28. The minimum atomic E-state index is -0.208. The normalized spacial score (nSPS) is 23.1. The zero-order valence-corrected chi connectivity index (χ0v) is 11.1.